The van der Waals surface area contributed by atoms with Crippen LogP contribution in [0, 0.1) is 11.3 Å². The van der Waals surface area contributed by atoms with Crippen LogP contribution in [0.25, 0.3) is 0 Å². The number of ether oxygens (including phenoxy) is 1. The zero-order valence-corrected chi connectivity index (χ0v) is 10.9. The van der Waals surface area contributed by atoms with Gasteiger partial charge < -0.3 is 15.4 Å². The number of rotatable bonds is 2. The summed E-state index contributed by atoms with van der Waals surface area (Å²) in [5, 5.41) is 8.79. The van der Waals surface area contributed by atoms with Crippen LogP contribution in [0.4, 0.5) is 11.4 Å². The fourth-order valence-corrected chi connectivity index (χ4v) is 2.42. The van der Waals surface area contributed by atoms with Crippen molar-refractivity contribution in [2.75, 3.05) is 23.7 Å². The minimum Gasteiger partial charge on any atom is -0.398 e. The van der Waals surface area contributed by atoms with Crippen molar-refractivity contribution in [2.45, 2.75) is 32.5 Å². The first-order valence-corrected chi connectivity index (χ1v) is 6.26. The summed E-state index contributed by atoms with van der Waals surface area (Å²) in [6, 6.07) is 8.06. The van der Waals surface area contributed by atoms with E-state index in [2.05, 4.69) is 24.8 Å². The minimum absolute atomic E-state index is 0.228. The van der Waals surface area contributed by atoms with Crippen LogP contribution in [0.15, 0.2) is 18.2 Å². The van der Waals surface area contributed by atoms with E-state index < -0.39 is 0 Å². The number of hydrogen-bond donors (Lipinski definition) is 1. The van der Waals surface area contributed by atoms with Crippen molar-refractivity contribution < 1.29 is 4.74 Å². The number of nitrogens with zero attached hydrogens (tertiary/aromatic N) is 2. The van der Waals surface area contributed by atoms with E-state index in [1.165, 1.54) is 0 Å². The maximum atomic E-state index is 8.79. The van der Waals surface area contributed by atoms with Gasteiger partial charge in [-0.15, -0.1) is 0 Å². The third-order valence-electron chi connectivity index (χ3n) is 3.18. The number of nitrogen functional groups attached to an aromatic ring is 1. The van der Waals surface area contributed by atoms with Crippen molar-refractivity contribution in [3.63, 3.8) is 0 Å². The van der Waals surface area contributed by atoms with Gasteiger partial charge in [0, 0.05) is 24.5 Å². The fraction of sp³-hybridized carbons (Fsp3) is 0.500. The molecule has 2 unspecified atom stereocenters. The Morgan fingerprint density at radius 2 is 2.06 bits per heavy atom. The van der Waals surface area contributed by atoms with Crippen molar-refractivity contribution in [1.29, 1.82) is 5.26 Å². The Morgan fingerprint density at radius 3 is 2.67 bits per heavy atom. The number of nitrogens with two attached hydrogens (primary N) is 1. The summed E-state index contributed by atoms with van der Waals surface area (Å²) < 4.78 is 5.72. The first kappa shape index (κ1) is 12.7. The van der Waals surface area contributed by atoms with Gasteiger partial charge in [-0.25, -0.2) is 0 Å². The Bertz CT molecular complexity index is 457. The molecule has 0 radical (unpaired) electrons. The molecule has 2 N–H and O–H groups in total. The molecule has 2 atom stereocenters. The maximum Gasteiger partial charge on any atom is 0.0726 e. The molecule has 1 aliphatic heterocycles. The lowest BCUT2D eigenvalue weighted by Gasteiger charge is -2.37. The Hall–Kier alpha value is -1.73. The Balaban J connectivity index is 2.22. The average Bonchev–Trinajstić information content (AvgIpc) is 2.31. The lowest BCUT2D eigenvalue weighted by Crippen LogP contribution is -2.45. The van der Waals surface area contributed by atoms with Gasteiger partial charge in [0.05, 0.1) is 24.7 Å². The predicted octanol–water partition coefficient (Wildman–Crippen LogP) is 1.95. The van der Waals surface area contributed by atoms with Crippen molar-refractivity contribution in [1.82, 2.24) is 0 Å². The van der Waals surface area contributed by atoms with Gasteiger partial charge in [0.2, 0.25) is 0 Å². The molecule has 1 aromatic carbocycles. The summed E-state index contributed by atoms with van der Waals surface area (Å²) in [6.07, 6.45) is 0.811. The first-order valence-electron chi connectivity index (χ1n) is 6.26. The molecule has 0 amide bonds. The van der Waals surface area contributed by atoms with E-state index in [0.29, 0.717) is 12.1 Å². The molecule has 0 aliphatic carbocycles. The molecule has 0 bridgehead atoms. The summed E-state index contributed by atoms with van der Waals surface area (Å²) in [7, 11) is 0. The maximum absolute atomic E-state index is 8.79. The van der Waals surface area contributed by atoms with E-state index in [0.717, 1.165) is 24.3 Å². The van der Waals surface area contributed by atoms with E-state index in [-0.39, 0.29) is 12.2 Å². The molecular weight excluding hydrogens is 226 g/mol. The van der Waals surface area contributed by atoms with Crippen LogP contribution in [-0.2, 0) is 11.2 Å². The molecular formula is C14H19N3O. The molecule has 1 saturated heterocycles. The summed E-state index contributed by atoms with van der Waals surface area (Å²) in [6.45, 7) is 5.91. The summed E-state index contributed by atoms with van der Waals surface area (Å²) in [4.78, 5) is 2.29. The van der Waals surface area contributed by atoms with Crippen LogP contribution in [0.2, 0.25) is 0 Å². The highest BCUT2D eigenvalue weighted by atomic mass is 16.5. The zero-order valence-electron chi connectivity index (χ0n) is 10.9. The molecule has 96 valence electrons. The van der Waals surface area contributed by atoms with E-state index in [9.17, 15) is 0 Å². The quantitative estimate of drug-likeness (QED) is 0.809. The second-order valence-electron chi connectivity index (χ2n) is 4.88. The highest BCUT2D eigenvalue weighted by Crippen LogP contribution is 2.24. The molecule has 1 fully saturated rings. The zero-order chi connectivity index (χ0) is 13.1. The van der Waals surface area contributed by atoms with E-state index in [4.69, 9.17) is 15.7 Å². The van der Waals surface area contributed by atoms with Gasteiger partial charge in [-0.05, 0) is 37.6 Å². The van der Waals surface area contributed by atoms with E-state index in [1.54, 1.807) is 0 Å². The molecule has 0 saturated carbocycles. The highest BCUT2D eigenvalue weighted by molar-refractivity contribution is 5.59. The standard InChI is InChI=1S/C14H19N3O/c1-10-8-17(9-11(2)18-10)13-3-4-14(16)12(7-13)5-6-15/h3-4,7,10-11H,5,8-9,16H2,1-2H3. The van der Waals surface area contributed by atoms with Gasteiger partial charge in [-0.2, -0.15) is 5.26 Å². The second kappa shape index (κ2) is 5.28. The van der Waals surface area contributed by atoms with E-state index in [1.807, 2.05) is 18.2 Å². The summed E-state index contributed by atoms with van der Waals surface area (Å²) >= 11 is 0. The van der Waals surface area contributed by atoms with Gasteiger partial charge in [0.25, 0.3) is 0 Å². The first-order chi connectivity index (χ1) is 8.60. The van der Waals surface area contributed by atoms with Crippen molar-refractivity contribution in [3.8, 4) is 6.07 Å². The monoisotopic (exact) mass is 245 g/mol. The Kier molecular flexibility index (Phi) is 3.73. The van der Waals surface area contributed by atoms with Crippen LogP contribution in [0.1, 0.15) is 19.4 Å². The summed E-state index contributed by atoms with van der Waals surface area (Å²) in [5.41, 5.74) is 8.58. The number of morpholine rings is 1. The molecule has 0 aromatic heterocycles. The van der Waals surface area contributed by atoms with Gasteiger partial charge in [-0.3, -0.25) is 0 Å². The van der Waals surface area contributed by atoms with Gasteiger partial charge in [-0.1, -0.05) is 0 Å². The van der Waals surface area contributed by atoms with Crippen LogP contribution in [-0.4, -0.2) is 25.3 Å². The molecule has 18 heavy (non-hydrogen) atoms. The van der Waals surface area contributed by atoms with Gasteiger partial charge >= 0.3 is 0 Å². The molecule has 2 rings (SSSR count). The fourth-order valence-electron chi connectivity index (χ4n) is 2.42. The van der Waals surface area contributed by atoms with Gasteiger partial charge in [0.1, 0.15) is 0 Å². The number of nitriles is 1. The highest BCUT2D eigenvalue weighted by Gasteiger charge is 2.22. The van der Waals surface area contributed by atoms with Gasteiger partial charge in [0.15, 0.2) is 0 Å². The molecule has 1 aromatic rings. The molecule has 1 heterocycles. The Morgan fingerprint density at radius 1 is 1.39 bits per heavy atom. The molecule has 1 aliphatic rings. The Labute approximate surface area is 108 Å². The van der Waals surface area contributed by atoms with Crippen LogP contribution >= 0.6 is 0 Å². The predicted molar refractivity (Wildman–Crippen MR) is 72.4 cm³/mol. The van der Waals surface area contributed by atoms with Crippen molar-refractivity contribution in [2.24, 2.45) is 0 Å². The average molecular weight is 245 g/mol. The molecule has 0 spiro atoms. The molecule has 4 heteroatoms. The van der Waals surface area contributed by atoms with Crippen molar-refractivity contribution >= 4 is 11.4 Å². The summed E-state index contributed by atoms with van der Waals surface area (Å²) in [5.74, 6) is 0. The van der Waals surface area contributed by atoms with Crippen LogP contribution in [0.5, 0.6) is 0 Å². The lowest BCUT2D eigenvalue weighted by atomic mass is 10.1. The second-order valence-corrected chi connectivity index (χ2v) is 4.88. The molecule has 4 nitrogen and oxygen atoms in total. The minimum atomic E-state index is 0.228. The normalized spacial score (nSPS) is 23.7. The lowest BCUT2D eigenvalue weighted by molar-refractivity contribution is -0.00521. The van der Waals surface area contributed by atoms with Crippen LogP contribution in [0.3, 0.4) is 0 Å². The largest absolute Gasteiger partial charge is 0.398 e. The third kappa shape index (κ3) is 2.74. The smallest absolute Gasteiger partial charge is 0.0726 e. The SMILES string of the molecule is CC1CN(c2ccc(N)c(CC#N)c2)CC(C)O1. The number of anilines is 2. The van der Waals surface area contributed by atoms with Crippen LogP contribution < -0.4 is 10.6 Å². The number of benzene rings is 1. The van der Waals surface area contributed by atoms with E-state index >= 15 is 0 Å². The number of hydrogen-bond acceptors (Lipinski definition) is 4. The topological polar surface area (TPSA) is 62.3 Å². The third-order valence-corrected chi connectivity index (χ3v) is 3.18. The van der Waals surface area contributed by atoms with Crippen molar-refractivity contribution in [3.05, 3.63) is 23.8 Å².